The molecular weight excluding hydrogens is 396 g/mol. The Labute approximate surface area is 164 Å². The maximum absolute atomic E-state index is 14.3. The topological polar surface area (TPSA) is 52.6 Å². The molecule has 1 aliphatic rings. The number of hydrogen-bond acceptors (Lipinski definition) is 3. The Hall–Kier alpha value is -1.90. The Morgan fingerprint density at radius 1 is 1.00 bits per heavy atom. The molecule has 3 rings (SSSR count). The van der Waals surface area contributed by atoms with Crippen LogP contribution in [0.2, 0.25) is 0 Å². The lowest BCUT2D eigenvalue weighted by Gasteiger charge is -2.22. The van der Waals surface area contributed by atoms with E-state index >= 15 is 0 Å². The standard InChI is InChI=1S/C18H21F2N3O2S.ClH/c1-13(2)21-11-6-12-22-16-9-3-4-10-17(16)23(26(22,24)25)18-14(19)7-5-8-15(18)20;/h3-5,7-10,13,21H,6,11-12H2,1-2H3;1H. The molecule has 0 spiro atoms. The third-order valence-corrected chi connectivity index (χ3v) is 5.89. The molecule has 27 heavy (non-hydrogen) atoms. The van der Waals surface area contributed by atoms with Crippen LogP contribution in [0.15, 0.2) is 42.5 Å². The van der Waals surface area contributed by atoms with Gasteiger partial charge in [-0.3, -0.25) is 4.31 Å². The molecule has 0 radical (unpaired) electrons. The molecule has 0 bridgehead atoms. The summed E-state index contributed by atoms with van der Waals surface area (Å²) in [5, 5.41) is 3.23. The van der Waals surface area contributed by atoms with E-state index in [2.05, 4.69) is 5.32 Å². The largest absolute Gasteiger partial charge is 0.331 e. The van der Waals surface area contributed by atoms with Gasteiger partial charge in [0.05, 0.1) is 11.4 Å². The number of para-hydroxylation sites is 3. The molecule has 1 heterocycles. The average Bonchev–Trinajstić information content (AvgIpc) is 2.79. The van der Waals surface area contributed by atoms with Crippen molar-refractivity contribution in [3.05, 3.63) is 54.1 Å². The Bertz CT molecular complexity index is 889. The zero-order valence-corrected chi connectivity index (χ0v) is 16.7. The molecule has 0 amide bonds. The van der Waals surface area contributed by atoms with Crippen LogP contribution in [-0.2, 0) is 10.2 Å². The lowest BCUT2D eigenvalue weighted by molar-refractivity contribution is 0.563. The van der Waals surface area contributed by atoms with Gasteiger partial charge >= 0.3 is 10.2 Å². The summed E-state index contributed by atoms with van der Waals surface area (Å²) in [6, 6.07) is 10.1. The van der Waals surface area contributed by atoms with Crippen molar-refractivity contribution in [3.8, 4) is 0 Å². The summed E-state index contributed by atoms with van der Waals surface area (Å²) >= 11 is 0. The molecule has 1 aliphatic heterocycles. The third kappa shape index (κ3) is 4.02. The van der Waals surface area contributed by atoms with E-state index in [1.54, 1.807) is 24.3 Å². The van der Waals surface area contributed by atoms with Crippen molar-refractivity contribution in [3.63, 3.8) is 0 Å². The summed E-state index contributed by atoms with van der Waals surface area (Å²) in [6.45, 7) is 4.86. The highest BCUT2D eigenvalue weighted by atomic mass is 35.5. The fourth-order valence-electron chi connectivity index (χ4n) is 2.96. The zero-order chi connectivity index (χ0) is 18.9. The van der Waals surface area contributed by atoms with E-state index in [1.807, 2.05) is 13.8 Å². The van der Waals surface area contributed by atoms with Gasteiger partial charge in [0.2, 0.25) is 0 Å². The number of benzene rings is 2. The molecule has 0 atom stereocenters. The summed E-state index contributed by atoms with van der Waals surface area (Å²) in [5.74, 6) is -1.85. The fourth-order valence-corrected chi connectivity index (χ4v) is 4.73. The Morgan fingerprint density at radius 2 is 1.59 bits per heavy atom. The molecular formula is C18H22ClF2N3O2S. The highest BCUT2D eigenvalue weighted by Gasteiger charge is 2.43. The van der Waals surface area contributed by atoms with Crippen LogP contribution in [0.25, 0.3) is 0 Å². The highest BCUT2D eigenvalue weighted by Crippen LogP contribution is 2.46. The summed E-state index contributed by atoms with van der Waals surface area (Å²) < 4.78 is 56.7. The molecule has 5 nitrogen and oxygen atoms in total. The number of halogens is 3. The van der Waals surface area contributed by atoms with Crippen LogP contribution in [0, 0.1) is 11.6 Å². The van der Waals surface area contributed by atoms with Crippen molar-refractivity contribution in [1.29, 1.82) is 0 Å². The maximum Gasteiger partial charge on any atom is 0.331 e. The lowest BCUT2D eigenvalue weighted by Crippen LogP contribution is -2.38. The van der Waals surface area contributed by atoms with Gasteiger partial charge in [-0.05, 0) is 37.2 Å². The van der Waals surface area contributed by atoms with Gasteiger partial charge in [-0.2, -0.15) is 8.42 Å². The first-order valence-electron chi connectivity index (χ1n) is 8.43. The van der Waals surface area contributed by atoms with Crippen LogP contribution in [0.5, 0.6) is 0 Å². The Kier molecular flexibility index (Phi) is 6.67. The minimum atomic E-state index is -4.13. The second-order valence-electron chi connectivity index (χ2n) is 6.37. The molecule has 0 saturated carbocycles. The Morgan fingerprint density at radius 3 is 2.19 bits per heavy atom. The summed E-state index contributed by atoms with van der Waals surface area (Å²) in [6.07, 6.45) is 0.569. The predicted molar refractivity (Wildman–Crippen MR) is 106 cm³/mol. The van der Waals surface area contributed by atoms with Crippen molar-refractivity contribution in [2.45, 2.75) is 26.3 Å². The van der Waals surface area contributed by atoms with Crippen LogP contribution in [0.3, 0.4) is 0 Å². The monoisotopic (exact) mass is 417 g/mol. The van der Waals surface area contributed by atoms with Gasteiger partial charge in [0.25, 0.3) is 0 Å². The first-order valence-corrected chi connectivity index (χ1v) is 9.83. The number of hydrogen-bond donors (Lipinski definition) is 1. The fraction of sp³-hybridized carbons (Fsp3) is 0.333. The molecule has 148 valence electrons. The summed E-state index contributed by atoms with van der Waals surface area (Å²) in [7, 11) is -4.13. The minimum Gasteiger partial charge on any atom is -0.314 e. The summed E-state index contributed by atoms with van der Waals surface area (Å²) in [4.78, 5) is 0. The number of rotatable bonds is 6. The van der Waals surface area contributed by atoms with E-state index in [0.717, 1.165) is 16.4 Å². The molecule has 0 aromatic heterocycles. The molecule has 9 heteroatoms. The number of nitrogens with zero attached hydrogens (tertiary/aromatic N) is 2. The van der Waals surface area contributed by atoms with Crippen molar-refractivity contribution >= 4 is 39.7 Å². The minimum absolute atomic E-state index is 0. The van der Waals surface area contributed by atoms with E-state index in [9.17, 15) is 17.2 Å². The second kappa shape index (κ2) is 8.41. The van der Waals surface area contributed by atoms with Gasteiger partial charge in [-0.15, -0.1) is 12.4 Å². The van der Waals surface area contributed by atoms with Gasteiger partial charge in [0.15, 0.2) is 11.6 Å². The smallest absolute Gasteiger partial charge is 0.314 e. The highest BCUT2D eigenvalue weighted by molar-refractivity contribution is 7.95. The number of nitrogens with one attached hydrogen (secondary N) is 1. The molecule has 0 aliphatic carbocycles. The summed E-state index contributed by atoms with van der Waals surface area (Å²) in [5.41, 5.74) is 0.0794. The molecule has 2 aromatic carbocycles. The molecule has 0 saturated heterocycles. The zero-order valence-electron chi connectivity index (χ0n) is 15.0. The second-order valence-corrected chi connectivity index (χ2v) is 8.07. The van der Waals surface area contributed by atoms with Crippen molar-refractivity contribution < 1.29 is 17.2 Å². The predicted octanol–water partition coefficient (Wildman–Crippen LogP) is 3.98. The number of fused-ring (bicyclic) bond motifs is 1. The van der Waals surface area contributed by atoms with Crippen LogP contribution < -0.4 is 13.9 Å². The van der Waals surface area contributed by atoms with E-state index in [-0.39, 0.29) is 24.6 Å². The van der Waals surface area contributed by atoms with Gasteiger partial charge in [-0.1, -0.05) is 32.0 Å². The lowest BCUT2D eigenvalue weighted by atomic mass is 10.2. The SMILES string of the molecule is CC(C)NCCCN1c2ccccc2N(c2c(F)cccc2F)S1(=O)=O.Cl. The van der Waals surface area contributed by atoms with Crippen LogP contribution in [-0.4, -0.2) is 27.5 Å². The van der Waals surface area contributed by atoms with Gasteiger partial charge in [-0.25, -0.2) is 13.1 Å². The first kappa shape index (κ1) is 21.4. The van der Waals surface area contributed by atoms with E-state index in [0.29, 0.717) is 24.7 Å². The maximum atomic E-state index is 14.3. The van der Waals surface area contributed by atoms with E-state index < -0.39 is 27.5 Å². The van der Waals surface area contributed by atoms with Crippen molar-refractivity contribution in [2.75, 3.05) is 21.7 Å². The quantitative estimate of drug-likeness (QED) is 0.723. The van der Waals surface area contributed by atoms with Gasteiger partial charge in [0, 0.05) is 12.6 Å². The van der Waals surface area contributed by atoms with Crippen LogP contribution >= 0.6 is 12.4 Å². The van der Waals surface area contributed by atoms with E-state index in [1.165, 1.54) is 10.4 Å². The van der Waals surface area contributed by atoms with Crippen molar-refractivity contribution in [2.24, 2.45) is 0 Å². The molecule has 1 N–H and O–H groups in total. The van der Waals surface area contributed by atoms with Crippen molar-refractivity contribution in [1.82, 2.24) is 5.32 Å². The van der Waals surface area contributed by atoms with Crippen LogP contribution in [0.1, 0.15) is 20.3 Å². The molecule has 2 aromatic rings. The first-order chi connectivity index (χ1) is 12.3. The van der Waals surface area contributed by atoms with Gasteiger partial charge in [0.1, 0.15) is 5.69 Å². The normalized spacial score (nSPS) is 15.0. The Balaban J connectivity index is 0.00000261. The van der Waals surface area contributed by atoms with E-state index in [4.69, 9.17) is 0 Å². The average molecular weight is 418 g/mol. The third-order valence-electron chi connectivity index (χ3n) is 4.11. The van der Waals surface area contributed by atoms with Crippen LogP contribution in [0.4, 0.5) is 25.8 Å². The van der Waals surface area contributed by atoms with Gasteiger partial charge < -0.3 is 5.32 Å². The molecule has 0 fully saturated rings. The number of anilines is 3. The molecule has 0 unspecified atom stereocenters.